The topological polar surface area (TPSA) is 80.2 Å². The predicted molar refractivity (Wildman–Crippen MR) is 122 cm³/mol. The number of nitrogens with zero attached hydrogens (tertiary/aromatic N) is 4. The van der Waals surface area contributed by atoms with Gasteiger partial charge >= 0.3 is 0 Å². The van der Waals surface area contributed by atoms with E-state index in [1.165, 1.54) is 0 Å². The molecule has 3 heterocycles. The number of likely N-dealkylation sites (tertiary alicyclic amines) is 1. The third kappa shape index (κ3) is 6.34. The Balaban J connectivity index is 1.22. The second-order valence-electron chi connectivity index (χ2n) is 8.21. The molecular formula is C25H29N5O2. The van der Waals surface area contributed by atoms with E-state index in [9.17, 15) is 4.79 Å². The van der Waals surface area contributed by atoms with Gasteiger partial charge in [-0.1, -0.05) is 6.07 Å². The molecule has 1 atom stereocenters. The summed E-state index contributed by atoms with van der Waals surface area (Å²) in [6, 6.07) is 13.4. The summed E-state index contributed by atoms with van der Waals surface area (Å²) in [5.41, 5.74) is 2.58. The molecule has 0 spiro atoms. The normalized spacial score (nSPS) is 15.8. The lowest BCUT2D eigenvalue weighted by atomic mass is 10.1. The van der Waals surface area contributed by atoms with Crippen LogP contribution in [0.25, 0.3) is 0 Å². The number of benzene rings is 1. The van der Waals surface area contributed by atoms with Crippen molar-refractivity contribution < 1.29 is 9.53 Å². The first-order chi connectivity index (χ1) is 15.7. The second-order valence-corrected chi connectivity index (χ2v) is 8.21. The molecule has 1 amide bonds. The Labute approximate surface area is 188 Å². The van der Waals surface area contributed by atoms with Crippen molar-refractivity contribution >= 4 is 5.91 Å². The zero-order valence-corrected chi connectivity index (χ0v) is 18.4. The SMILES string of the molecule is CC(Cc1cnccn1)NC(=O)c1ccc(OC2CCN(Cc3ccccn3)CC2)cc1. The molecule has 1 fully saturated rings. The predicted octanol–water partition coefficient (Wildman–Crippen LogP) is 3.28. The maximum atomic E-state index is 12.5. The average molecular weight is 432 g/mol. The van der Waals surface area contributed by atoms with Gasteiger partial charge in [-0.2, -0.15) is 0 Å². The number of amides is 1. The quantitative estimate of drug-likeness (QED) is 0.590. The maximum absolute atomic E-state index is 12.5. The molecule has 0 radical (unpaired) electrons. The average Bonchev–Trinajstić information content (AvgIpc) is 2.82. The third-order valence-electron chi connectivity index (χ3n) is 5.58. The van der Waals surface area contributed by atoms with Gasteiger partial charge in [-0.15, -0.1) is 0 Å². The molecule has 1 saturated heterocycles. The molecule has 7 nitrogen and oxygen atoms in total. The van der Waals surface area contributed by atoms with Crippen molar-refractivity contribution in [2.45, 2.75) is 44.9 Å². The minimum absolute atomic E-state index is 0.0357. The van der Waals surface area contributed by atoms with Gasteiger partial charge in [-0.05, 0) is 56.2 Å². The summed E-state index contributed by atoms with van der Waals surface area (Å²) < 4.78 is 6.16. The van der Waals surface area contributed by atoms with E-state index < -0.39 is 0 Å². The number of carbonyl (C=O) groups is 1. The fourth-order valence-electron chi connectivity index (χ4n) is 3.89. The van der Waals surface area contributed by atoms with Crippen LogP contribution < -0.4 is 10.1 Å². The molecule has 3 aromatic rings. The number of hydrogen-bond acceptors (Lipinski definition) is 6. The molecule has 1 unspecified atom stereocenters. The summed E-state index contributed by atoms with van der Waals surface area (Å²) in [4.78, 5) is 27.7. The highest BCUT2D eigenvalue weighted by atomic mass is 16.5. The van der Waals surface area contributed by atoms with Crippen molar-refractivity contribution in [1.29, 1.82) is 0 Å². The van der Waals surface area contributed by atoms with Crippen LogP contribution in [0.15, 0.2) is 67.3 Å². The summed E-state index contributed by atoms with van der Waals surface area (Å²) in [6.45, 7) is 4.83. The van der Waals surface area contributed by atoms with Crippen molar-refractivity contribution in [1.82, 2.24) is 25.2 Å². The van der Waals surface area contributed by atoms with E-state index in [4.69, 9.17) is 4.74 Å². The first-order valence-electron chi connectivity index (χ1n) is 11.1. The Hall–Kier alpha value is -3.32. The number of ether oxygens (including phenoxy) is 1. The van der Waals surface area contributed by atoms with Crippen molar-refractivity contribution in [2.24, 2.45) is 0 Å². The number of hydrogen-bond donors (Lipinski definition) is 1. The van der Waals surface area contributed by atoms with E-state index >= 15 is 0 Å². The van der Waals surface area contributed by atoms with Crippen molar-refractivity contribution in [3.05, 3.63) is 84.2 Å². The highest BCUT2D eigenvalue weighted by Gasteiger charge is 2.21. The Morgan fingerprint density at radius 3 is 2.53 bits per heavy atom. The highest BCUT2D eigenvalue weighted by Crippen LogP contribution is 2.20. The Morgan fingerprint density at radius 2 is 1.84 bits per heavy atom. The molecule has 166 valence electrons. The molecule has 4 rings (SSSR count). The summed E-state index contributed by atoms with van der Waals surface area (Å²) >= 11 is 0. The highest BCUT2D eigenvalue weighted by molar-refractivity contribution is 5.94. The zero-order chi connectivity index (χ0) is 22.2. The number of piperidine rings is 1. The van der Waals surface area contributed by atoms with Gasteiger partial charge in [-0.3, -0.25) is 24.6 Å². The smallest absolute Gasteiger partial charge is 0.251 e. The summed E-state index contributed by atoms with van der Waals surface area (Å²) in [5.74, 6) is 0.702. The number of nitrogens with one attached hydrogen (secondary N) is 1. The first kappa shape index (κ1) is 21.9. The molecule has 0 bridgehead atoms. The molecular weight excluding hydrogens is 402 g/mol. The van der Waals surface area contributed by atoms with E-state index in [1.807, 2.05) is 49.5 Å². The molecule has 1 aromatic carbocycles. The molecule has 1 aliphatic rings. The maximum Gasteiger partial charge on any atom is 0.251 e. The molecule has 7 heteroatoms. The van der Waals surface area contributed by atoms with Crippen LogP contribution in [-0.4, -0.2) is 51.0 Å². The van der Waals surface area contributed by atoms with Crippen LogP contribution in [0.4, 0.5) is 0 Å². The fourth-order valence-corrected chi connectivity index (χ4v) is 3.89. The van der Waals surface area contributed by atoms with E-state index in [0.29, 0.717) is 12.0 Å². The number of rotatable bonds is 8. The molecule has 1 aliphatic heterocycles. The Morgan fingerprint density at radius 1 is 1.06 bits per heavy atom. The lowest BCUT2D eigenvalue weighted by Gasteiger charge is -2.31. The molecule has 1 N–H and O–H groups in total. The van der Waals surface area contributed by atoms with Gasteiger partial charge in [0.25, 0.3) is 5.91 Å². The largest absolute Gasteiger partial charge is 0.490 e. The van der Waals surface area contributed by atoms with Crippen LogP contribution in [0.1, 0.15) is 41.5 Å². The van der Waals surface area contributed by atoms with Gasteiger partial charge < -0.3 is 10.1 Å². The van der Waals surface area contributed by atoms with Crippen LogP contribution in [-0.2, 0) is 13.0 Å². The van der Waals surface area contributed by atoms with E-state index in [-0.39, 0.29) is 18.1 Å². The van der Waals surface area contributed by atoms with E-state index in [2.05, 4.69) is 31.2 Å². The van der Waals surface area contributed by atoms with Crippen LogP contribution in [0.5, 0.6) is 5.75 Å². The van der Waals surface area contributed by atoms with Crippen LogP contribution in [0.2, 0.25) is 0 Å². The summed E-state index contributed by atoms with van der Waals surface area (Å²) in [7, 11) is 0. The zero-order valence-electron chi connectivity index (χ0n) is 18.4. The fraction of sp³-hybridized carbons (Fsp3) is 0.360. The molecule has 0 aliphatic carbocycles. The Bertz CT molecular complexity index is 974. The van der Waals surface area contributed by atoms with Crippen molar-refractivity contribution in [2.75, 3.05) is 13.1 Å². The van der Waals surface area contributed by atoms with Crippen LogP contribution in [0, 0.1) is 0 Å². The molecule has 0 saturated carbocycles. The first-order valence-corrected chi connectivity index (χ1v) is 11.1. The minimum Gasteiger partial charge on any atom is -0.490 e. The number of carbonyl (C=O) groups excluding carboxylic acids is 1. The van der Waals surface area contributed by atoms with Gasteiger partial charge in [0.2, 0.25) is 0 Å². The lowest BCUT2D eigenvalue weighted by Crippen LogP contribution is -2.38. The summed E-state index contributed by atoms with van der Waals surface area (Å²) in [5, 5.41) is 3.01. The molecule has 32 heavy (non-hydrogen) atoms. The lowest BCUT2D eigenvalue weighted by molar-refractivity contribution is 0.0937. The number of aromatic nitrogens is 3. The van der Waals surface area contributed by atoms with Crippen molar-refractivity contribution in [3.8, 4) is 5.75 Å². The monoisotopic (exact) mass is 431 g/mol. The third-order valence-corrected chi connectivity index (χ3v) is 5.58. The standard InChI is InChI=1S/C25H29N5O2/c1-19(16-22-17-26-12-13-28-22)29-25(31)20-5-7-23(8-6-20)32-24-9-14-30(15-10-24)18-21-4-2-3-11-27-21/h2-8,11-13,17,19,24H,9-10,14-16,18H2,1H3,(H,29,31). The van der Waals surface area contributed by atoms with E-state index in [0.717, 1.165) is 49.6 Å². The van der Waals surface area contributed by atoms with Crippen molar-refractivity contribution in [3.63, 3.8) is 0 Å². The Kier molecular flexibility index (Phi) is 7.40. The van der Waals surface area contributed by atoms with Gasteiger partial charge in [0, 0.05) is 62.4 Å². The number of pyridine rings is 1. The summed E-state index contributed by atoms with van der Waals surface area (Å²) in [6.07, 6.45) is 9.66. The minimum atomic E-state index is -0.101. The van der Waals surface area contributed by atoms with Gasteiger partial charge in [-0.25, -0.2) is 0 Å². The van der Waals surface area contributed by atoms with E-state index in [1.54, 1.807) is 18.6 Å². The van der Waals surface area contributed by atoms with Gasteiger partial charge in [0.15, 0.2) is 0 Å². The van der Waals surface area contributed by atoms with Crippen LogP contribution >= 0.6 is 0 Å². The second kappa shape index (κ2) is 10.8. The van der Waals surface area contributed by atoms with Gasteiger partial charge in [0.1, 0.15) is 11.9 Å². The molecule has 2 aromatic heterocycles. The van der Waals surface area contributed by atoms with Gasteiger partial charge in [0.05, 0.1) is 11.4 Å². The van der Waals surface area contributed by atoms with Crippen LogP contribution in [0.3, 0.4) is 0 Å².